The van der Waals surface area contributed by atoms with Crippen LogP contribution in [0.15, 0.2) is 23.8 Å². The normalized spacial score (nSPS) is 33.4. The zero-order chi connectivity index (χ0) is 14.6. The number of rotatable bonds is 1. The minimum Gasteiger partial charge on any atom is -0.306 e. The largest absolute Gasteiger partial charge is 0.306 e. The molecule has 2 heteroatoms. The van der Waals surface area contributed by atoms with Crippen LogP contribution in [-0.2, 0) is 4.79 Å². The van der Waals surface area contributed by atoms with E-state index in [-0.39, 0.29) is 17.1 Å². The molecule has 2 nitrogen and oxygen atoms in total. The number of nitrogens with zero attached hydrogens (tertiary/aromatic N) is 1. The zero-order valence-electron chi connectivity index (χ0n) is 13.4. The lowest BCUT2D eigenvalue weighted by molar-refractivity contribution is -0.119. The molecule has 0 spiro atoms. The first-order valence-corrected chi connectivity index (χ1v) is 7.28. The van der Waals surface area contributed by atoms with Crippen molar-refractivity contribution in [2.24, 2.45) is 11.3 Å². The van der Waals surface area contributed by atoms with Gasteiger partial charge in [0.05, 0.1) is 0 Å². The second-order valence-corrected chi connectivity index (χ2v) is 6.84. The monoisotopic (exact) mass is 263 g/mol. The van der Waals surface area contributed by atoms with Crippen LogP contribution in [0.1, 0.15) is 47.0 Å². The van der Waals surface area contributed by atoms with Crippen molar-refractivity contribution in [3.8, 4) is 0 Å². The smallest absolute Gasteiger partial charge is 0.159 e. The molecule has 0 aromatic carbocycles. The van der Waals surface area contributed by atoms with Crippen molar-refractivity contribution in [2.45, 2.75) is 53.0 Å². The van der Waals surface area contributed by atoms with Gasteiger partial charge >= 0.3 is 0 Å². The van der Waals surface area contributed by atoms with Crippen LogP contribution in [0.25, 0.3) is 0 Å². The van der Waals surface area contributed by atoms with Gasteiger partial charge in [0.1, 0.15) is 0 Å². The third-order valence-electron chi connectivity index (χ3n) is 4.20. The summed E-state index contributed by atoms with van der Waals surface area (Å²) in [5.41, 5.74) is 1.50. The van der Waals surface area contributed by atoms with Crippen molar-refractivity contribution >= 4 is 5.78 Å². The predicted octanol–water partition coefficient (Wildman–Crippen LogP) is 3.83. The van der Waals surface area contributed by atoms with Gasteiger partial charge in [0, 0.05) is 12.0 Å². The minimum atomic E-state index is 0.0629. The number of allylic oxidation sites excluding steroid dienone is 4. The fraction of sp³-hybridized carbons (Fsp3) is 0.706. The Balaban J connectivity index is 3.01. The highest BCUT2D eigenvalue weighted by Gasteiger charge is 2.25. The molecule has 0 saturated carbocycles. The number of hydrogen-bond acceptors (Lipinski definition) is 2. The van der Waals surface area contributed by atoms with E-state index >= 15 is 0 Å². The van der Waals surface area contributed by atoms with Gasteiger partial charge in [-0.1, -0.05) is 38.5 Å². The van der Waals surface area contributed by atoms with Gasteiger partial charge in [-0.25, -0.2) is 0 Å². The molecule has 0 amide bonds. The zero-order valence-corrected chi connectivity index (χ0v) is 13.4. The molecule has 0 radical (unpaired) electrons. The summed E-state index contributed by atoms with van der Waals surface area (Å²) >= 11 is 0. The first kappa shape index (κ1) is 16.2. The molecular formula is C17H29NO. The summed E-state index contributed by atoms with van der Waals surface area (Å²) in [6.45, 7) is 8.64. The Kier molecular flexibility index (Phi) is 5.54. The molecule has 0 aliphatic heterocycles. The van der Waals surface area contributed by atoms with Crippen LogP contribution in [0.5, 0.6) is 0 Å². The van der Waals surface area contributed by atoms with Crippen LogP contribution in [0, 0.1) is 11.3 Å². The van der Waals surface area contributed by atoms with E-state index in [2.05, 4.69) is 58.8 Å². The van der Waals surface area contributed by atoms with Gasteiger partial charge in [-0.15, -0.1) is 0 Å². The summed E-state index contributed by atoms with van der Waals surface area (Å²) in [6.07, 6.45) is 9.34. The topological polar surface area (TPSA) is 20.3 Å². The van der Waals surface area contributed by atoms with Crippen molar-refractivity contribution in [3.05, 3.63) is 23.8 Å². The molecule has 0 unspecified atom stereocenters. The van der Waals surface area contributed by atoms with Gasteiger partial charge < -0.3 is 4.90 Å². The Labute approximate surface area is 118 Å². The first-order valence-electron chi connectivity index (χ1n) is 7.28. The lowest BCUT2D eigenvalue weighted by Crippen LogP contribution is -2.37. The molecule has 0 fully saturated rings. The molecule has 0 aromatic heterocycles. The van der Waals surface area contributed by atoms with Crippen molar-refractivity contribution in [2.75, 3.05) is 14.1 Å². The van der Waals surface area contributed by atoms with Crippen molar-refractivity contribution in [3.63, 3.8) is 0 Å². The van der Waals surface area contributed by atoms with E-state index in [1.165, 1.54) is 5.57 Å². The Bertz CT molecular complexity index is 377. The van der Waals surface area contributed by atoms with Crippen LogP contribution < -0.4 is 0 Å². The van der Waals surface area contributed by atoms with Crippen LogP contribution in [0.3, 0.4) is 0 Å². The quantitative estimate of drug-likeness (QED) is 0.670. The first-order chi connectivity index (χ1) is 8.73. The van der Waals surface area contributed by atoms with Crippen molar-refractivity contribution in [1.29, 1.82) is 0 Å². The molecule has 0 N–H and O–H groups in total. The molecule has 0 aromatic rings. The second-order valence-electron chi connectivity index (χ2n) is 6.84. The maximum Gasteiger partial charge on any atom is 0.159 e. The SMILES string of the molecule is C/C1=C\CC(C)(C)/C=C/C(=O)[C@H](C)[C@H](N(C)C)CC1. The van der Waals surface area contributed by atoms with E-state index in [4.69, 9.17) is 0 Å². The molecule has 0 heterocycles. The molecule has 2 atom stereocenters. The van der Waals surface area contributed by atoms with Crippen molar-refractivity contribution in [1.82, 2.24) is 4.90 Å². The number of ketones is 1. The predicted molar refractivity (Wildman–Crippen MR) is 82.2 cm³/mol. The Morgan fingerprint density at radius 1 is 1.32 bits per heavy atom. The molecule has 19 heavy (non-hydrogen) atoms. The molecule has 108 valence electrons. The number of hydrogen-bond donors (Lipinski definition) is 0. The van der Waals surface area contributed by atoms with E-state index in [9.17, 15) is 4.79 Å². The van der Waals surface area contributed by atoms with Gasteiger partial charge in [0.25, 0.3) is 0 Å². The van der Waals surface area contributed by atoms with Gasteiger partial charge in [-0.3, -0.25) is 4.79 Å². The summed E-state index contributed by atoms with van der Waals surface area (Å²) in [4.78, 5) is 14.5. The van der Waals surface area contributed by atoms with Crippen LogP contribution in [-0.4, -0.2) is 30.8 Å². The maximum absolute atomic E-state index is 12.3. The molecule has 1 aliphatic carbocycles. The minimum absolute atomic E-state index is 0.0629. The standard InChI is InChI=1S/C17H29NO/c1-13-7-8-15(18(5)6)14(2)16(19)10-12-17(3,4)11-9-13/h9-10,12,14-15H,7-8,11H2,1-6H3/b12-10+,13-9+/t14-,15-/m1/s1. The molecule has 1 rings (SSSR count). The Hall–Kier alpha value is -0.890. The fourth-order valence-electron chi connectivity index (χ4n) is 2.59. The number of carbonyl (C=O) groups is 1. The summed E-state index contributed by atoms with van der Waals surface area (Å²) in [6, 6.07) is 0.321. The van der Waals surface area contributed by atoms with E-state index in [1.54, 1.807) is 6.08 Å². The van der Waals surface area contributed by atoms with Crippen LogP contribution in [0.2, 0.25) is 0 Å². The van der Waals surface area contributed by atoms with Crippen LogP contribution in [0.4, 0.5) is 0 Å². The molecule has 0 bridgehead atoms. The Morgan fingerprint density at radius 2 is 1.95 bits per heavy atom. The van der Waals surface area contributed by atoms with Crippen LogP contribution >= 0.6 is 0 Å². The fourth-order valence-corrected chi connectivity index (χ4v) is 2.59. The highest BCUT2D eigenvalue weighted by atomic mass is 16.1. The second kappa shape index (κ2) is 6.51. The van der Waals surface area contributed by atoms with E-state index in [0.29, 0.717) is 6.04 Å². The molecular weight excluding hydrogens is 234 g/mol. The number of carbonyl (C=O) groups excluding carboxylic acids is 1. The third kappa shape index (κ3) is 4.94. The summed E-state index contributed by atoms with van der Waals surface area (Å²) in [7, 11) is 4.14. The highest BCUT2D eigenvalue weighted by Crippen LogP contribution is 2.27. The van der Waals surface area contributed by atoms with Gasteiger partial charge in [-0.2, -0.15) is 0 Å². The summed E-state index contributed by atoms with van der Waals surface area (Å²) in [5.74, 6) is 0.319. The lowest BCUT2D eigenvalue weighted by Gasteiger charge is -2.29. The van der Waals surface area contributed by atoms with Gasteiger partial charge in [0.15, 0.2) is 5.78 Å². The summed E-state index contributed by atoms with van der Waals surface area (Å²) in [5, 5.41) is 0. The van der Waals surface area contributed by atoms with Gasteiger partial charge in [0.2, 0.25) is 0 Å². The third-order valence-corrected chi connectivity index (χ3v) is 4.20. The molecule has 1 aliphatic rings. The maximum atomic E-state index is 12.3. The average Bonchev–Trinajstić information content (AvgIpc) is 2.33. The van der Waals surface area contributed by atoms with Crippen molar-refractivity contribution < 1.29 is 4.79 Å². The lowest BCUT2D eigenvalue weighted by atomic mass is 9.87. The van der Waals surface area contributed by atoms with E-state index < -0.39 is 0 Å². The van der Waals surface area contributed by atoms with E-state index in [1.807, 2.05) is 0 Å². The average molecular weight is 263 g/mol. The van der Waals surface area contributed by atoms with Gasteiger partial charge in [-0.05, 0) is 51.8 Å². The van der Waals surface area contributed by atoms with E-state index in [0.717, 1.165) is 19.3 Å². The highest BCUT2D eigenvalue weighted by molar-refractivity contribution is 5.92. The summed E-state index contributed by atoms with van der Waals surface area (Å²) < 4.78 is 0. The molecule has 0 saturated heterocycles. The Morgan fingerprint density at radius 3 is 2.53 bits per heavy atom.